The van der Waals surface area contributed by atoms with Crippen LogP contribution in [-0.4, -0.2) is 15.0 Å². The van der Waals surface area contributed by atoms with Gasteiger partial charge < -0.3 is 0 Å². The second-order valence-corrected chi connectivity index (χ2v) is 14.0. The van der Waals surface area contributed by atoms with Gasteiger partial charge in [0.2, 0.25) is 0 Å². The highest BCUT2D eigenvalue weighted by Gasteiger charge is 2.19. The van der Waals surface area contributed by atoms with Crippen LogP contribution in [0, 0.1) is 0 Å². The van der Waals surface area contributed by atoms with Gasteiger partial charge in [-0.2, -0.15) is 0 Å². The van der Waals surface area contributed by atoms with Crippen molar-refractivity contribution in [1.82, 2.24) is 15.0 Å². The molecule has 0 spiro atoms. The molecule has 10 rings (SSSR count). The fourth-order valence-corrected chi connectivity index (χ4v) is 7.79. The largest absolute Gasteiger partial charge is 0.208 e. The Hall–Kier alpha value is -7.49. The molecule has 1 aromatic heterocycles. The number of rotatable bonds is 7. The number of fused-ring (bicyclic) bond motifs is 2. The molecule has 0 saturated heterocycles. The molecule has 262 valence electrons. The third kappa shape index (κ3) is 6.21. The van der Waals surface area contributed by atoms with E-state index in [1.54, 1.807) is 0 Å². The lowest BCUT2D eigenvalue weighted by atomic mass is 9.84. The molecule has 0 atom stereocenters. The van der Waals surface area contributed by atoms with E-state index < -0.39 is 0 Å². The zero-order valence-electron chi connectivity index (χ0n) is 30.5. The third-order valence-corrected chi connectivity index (χ3v) is 10.5. The Labute approximate surface area is 326 Å². The highest BCUT2D eigenvalue weighted by Crippen LogP contribution is 2.45. The summed E-state index contributed by atoms with van der Waals surface area (Å²) in [7, 11) is 0. The van der Waals surface area contributed by atoms with Crippen LogP contribution in [0.5, 0.6) is 0 Å². The zero-order valence-corrected chi connectivity index (χ0v) is 30.5. The lowest BCUT2D eigenvalue weighted by Gasteiger charge is -2.19. The number of benzene rings is 9. The van der Waals surface area contributed by atoms with Crippen LogP contribution in [0.2, 0.25) is 0 Å². The molecule has 3 heteroatoms. The first-order valence-corrected chi connectivity index (χ1v) is 18.9. The van der Waals surface area contributed by atoms with Gasteiger partial charge in [0.05, 0.1) is 0 Å². The van der Waals surface area contributed by atoms with Crippen molar-refractivity contribution in [3.05, 3.63) is 212 Å². The van der Waals surface area contributed by atoms with Crippen LogP contribution in [-0.2, 0) is 0 Å². The summed E-state index contributed by atoms with van der Waals surface area (Å²) in [4.78, 5) is 14.9. The Morgan fingerprint density at radius 2 is 0.482 bits per heavy atom. The molecule has 10 aromatic rings. The Kier molecular flexibility index (Phi) is 8.51. The van der Waals surface area contributed by atoms with Crippen molar-refractivity contribution in [3.8, 4) is 78.7 Å². The second-order valence-electron chi connectivity index (χ2n) is 14.0. The van der Waals surface area contributed by atoms with E-state index in [-0.39, 0.29) is 0 Å². The average molecular weight is 714 g/mol. The fourth-order valence-electron chi connectivity index (χ4n) is 7.79. The Balaban J connectivity index is 1.15. The summed E-state index contributed by atoms with van der Waals surface area (Å²) in [5, 5.41) is 4.85. The predicted octanol–water partition coefficient (Wildman–Crippen LogP) is 13.8. The van der Waals surface area contributed by atoms with Crippen molar-refractivity contribution in [2.45, 2.75) is 0 Å². The van der Waals surface area contributed by atoms with Gasteiger partial charge >= 0.3 is 0 Å². The molecule has 56 heavy (non-hydrogen) atoms. The summed E-state index contributed by atoms with van der Waals surface area (Å²) in [6, 6.07) is 74.9. The summed E-state index contributed by atoms with van der Waals surface area (Å²) in [6.45, 7) is 0. The van der Waals surface area contributed by atoms with Crippen molar-refractivity contribution in [2.24, 2.45) is 0 Å². The number of hydrogen-bond donors (Lipinski definition) is 0. The van der Waals surface area contributed by atoms with Gasteiger partial charge in [0.1, 0.15) is 0 Å². The molecule has 0 saturated carbocycles. The van der Waals surface area contributed by atoms with Crippen LogP contribution in [0.3, 0.4) is 0 Å². The minimum Gasteiger partial charge on any atom is -0.208 e. The smallest absolute Gasteiger partial charge is 0.164 e. The first kappa shape index (κ1) is 33.1. The molecule has 3 nitrogen and oxygen atoms in total. The molecule has 0 aliphatic carbocycles. The van der Waals surface area contributed by atoms with Crippen molar-refractivity contribution in [3.63, 3.8) is 0 Å². The molecule has 0 amide bonds. The fraction of sp³-hybridized carbons (Fsp3) is 0. The highest BCUT2D eigenvalue weighted by atomic mass is 15.0. The van der Waals surface area contributed by atoms with Crippen molar-refractivity contribution in [1.29, 1.82) is 0 Å². The SMILES string of the molecule is c1ccc(-c2ccc(-c3c4ccccc4c(-c4ccc(-c5nc(-c6ccccc6)nc(-c6ccccc6)n5)cc4)c4ccc(-c5ccccc5)cc34)cc2)cc1. The van der Waals surface area contributed by atoms with Gasteiger partial charge in [0.15, 0.2) is 17.5 Å². The van der Waals surface area contributed by atoms with Crippen LogP contribution >= 0.6 is 0 Å². The van der Waals surface area contributed by atoms with E-state index in [1.165, 1.54) is 60.5 Å². The van der Waals surface area contributed by atoms with E-state index in [9.17, 15) is 0 Å². The van der Waals surface area contributed by atoms with Gasteiger partial charge in [0.25, 0.3) is 0 Å². The summed E-state index contributed by atoms with van der Waals surface area (Å²) in [5.41, 5.74) is 12.4. The topological polar surface area (TPSA) is 38.7 Å². The molecule has 0 aliphatic rings. The molecular weight excluding hydrogens is 679 g/mol. The van der Waals surface area contributed by atoms with Crippen LogP contribution in [0.4, 0.5) is 0 Å². The normalized spacial score (nSPS) is 11.2. The van der Waals surface area contributed by atoms with E-state index in [4.69, 9.17) is 15.0 Å². The van der Waals surface area contributed by atoms with Gasteiger partial charge in [-0.25, -0.2) is 15.0 Å². The Morgan fingerprint density at radius 1 is 0.196 bits per heavy atom. The molecule has 9 aromatic carbocycles. The molecule has 1 heterocycles. The highest BCUT2D eigenvalue weighted by molar-refractivity contribution is 6.22. The Bertz CT molecular complexity index is 2900. The summed E-state index contributed by atoms with van der Waals surface area (Å²) in [5.74, 6) is 1.94. The van der Waals surface area contributed by atoms with Crippen LogP contribution < -0.4 is 0 Å². The first-order valence-electron chi connectivity index (χ1n) is 18.9. The van der Waals surface area contributed by atoms with Gasteiger partial charge in [-0.3, -0.25) is 0 Å². The second kappa shape index (κ2) is 14.4. The lowest BCUT2D eigenvalue weighted by molar-refractivity contribution is 1.07. The lowest BCUT2D eigenvalue weighted by Crippen LogP contribution is -2.00. The minimum absolute atomic E-state index is 0.640. The molecule has 0 fully saturated rings. The van der Waals surface area contributed by atoms with Gasteiger partial charge in [0, 0.05) is 16.7 Å². The average Bonchev–Trinajstić information content (AvgIpc) is 3.29. The summed E-state index contributed by atoms with van der Waals surface area (Å²) in [6.07, 6.45) is 0. The van der Waals surface area contributed by atoms with E-state index in [0.717, 1.165) is 22.3 Å². The van der Waals surface area contributed by atoms with Crippen molar-refractivity contribution >= 4 is 21.5 Å². The zero-order chi connectivity index (χ0) is 37.3. The molecule has 0 N–H and O–H groups in total. The maximum Gasteiger partial charge on any atom is 0.164 e. The van der Waals surface area contributed by atoms with E-state index >= 15 is 0 Å². The van der Waals surface area contributed by atoms with Crippen LogP contribution in [0.15, 0.2) is 212 Å². The van der Waals surface area contributed by atoms with E-state index in [0.29, 0.717) is 17.5 Å². The molecule has 0 radical (unpaired) electrons. The Morgan fingerprint density at radius 3 is 0.946 bits per heavy atom. The van der Waals surface area contributed by atoms with Gasteiger partial charge in [-0.05, 0) is 72.1 Å². The van der Waals surface area contributed by atoms with Crippen LogP contribution in [0.1, 0.15) is 0 Å². The number of aromatic nitrogens is 3. The maximum atomic E-state index is 4.99. The molecule has 0 aliphatic heterocycles. The molecule has 0 unspecified atom stereocenters. The maximum absolute atomic E-state index is 4.99. The quantitative estimate of drug-likeness (QED) is 0.154. The van der Waals surface area contributed by atoms with Gasteiger partial charge in [-0.15, -0.1) is 0 Å². The standard InChI is InChI=1S/C53H35N3/c1-5-15-36(16-6-1)38-25-27-40(28-26-38)50-46-24-14-13-23-45(46)49(47-34-33-44(35-48(47)50)37-17-7-2-8-18-37)39-29-31-43(32-30-39)53-55-51(41-19-9-3-10-20-41)54-52(56-53)42-21-11-4-12-22-42/h1-35H. The van der Waals surface area contributed by atoms with Gasteiger partial charge in [-0.1, -0.05) is 206 Å². The third-order valence-electron chi connectivity index (χ3n) is 10.5. The minimum atomic E-state index is 0.640. The summed E-state index contributed by atoms with van der Waals surface area (Å²) < 4.78 is 0. The monoisotopic (exact) mass is 713 g/mol. The van der Waals surface area contributed by atoms with Crippen molar-refractivity contribution < 1.29 is 0 Å². The van der Waals surface area contributed by atoms with E-state index in [1.807, 2.05) is 60.7 Å². The predicted molar refractivity (Wildman–Crippen MR) is 233 cm³/mol. The summed E-state index contributed by atoms with van der Waals surface area (Å²) >= 11 is 0. The molecule has 0 bridgehead atoms. The van der Waals surface area contributed by atoms with Crippen molar-refractivity contribution in [2.75, 3.05) is 0 Å². The van der Waals surface area contributed by atoms with E-state index in [2.05, 4.69) is 152 Å². The van der Waals surface area contributed by atoms with Crippen LogP contribution in [0.25, 0.3) is 100 Å². The number of nitrogens with zero attached hydrogens (tertiary/aromatic N) is 3. The number of hydrogen-bond acceptors (Lipinski definition) is 3. The first-order chi connectivity index (χ1) is 27.8. The molecular formula is C53H35N3.